The third-order valence-electron chi connectivity index (χ3n) is 2.82. The zero-order valence-electron chi connectivity index (χ0n) is 11.5. The second-order valence-electron chi connectivity index (χ2n) is 4.16. The standard InChI is InChI=1S/C9H8O2.C9H10/c1-2-7-5-3-4-6-8(7)9(10)11;1-3-9-7-5-4-6-8(9)2/h2-6H,1H2,(H,10,11);3-7H,1H2,2H3. The Hall–Kier alpha value is -2.61. The Morgan fingerprint density at radius 3 is 1.85 bits per heavy atom. The highest BCUT2D eigenvalue weighted by molar-refractivity contribution is 5.91. The van der Waals surface area contributed by atoms with Crippen molar-refractivity contribution in [2.24, 2.45) is 0 Å². The van der Waals surface area contributed by atoms with Crippen molar-refractivity contribution in [1.82, 2.24) is 0 Å². The molecule has 2 heteroatoms. The summed E-state index contributed by atoms with van der Waals surface area (Å²) in [5.41, 5.74) is 3.45. The van der Waals surface area contributed by atoms with Crippen molar-refractivity contribution in [2.75, 3.05) is 0 Å². The minimum atomic E-state index is -0.916. The lowest BCUT2D eigenvalue weighted by Crippen LogP contribution is -1.98. The topological polar surface area (TPSA) is 37.3 Å². The monoisotopic (exact) mass is 266 g/mol. The number of carboxylic acid groups (broad SMARTS) is 1. The molecule has 0 aliphatic carbocycles. The van der Waals surface area contributed by atoms with Crippen LogP contribution in [0.1, 0.15) is 27.0 Å². The first kappa shape index (κ1) is 15.4. The second kappa shape index (κ2) is 7.74. The molecule has 102 valence electrons. The molecule has 0 unspecified atom stereocenters. The molecule has 2 rings (SSSR count). The molecule has 1 N–H and O–H groups in total. The lowest BCUT2D eigenvalue weighted by molar-refractivity contribution is 0.0696. The molecule has 0 amide bonds. The second-order valence-corrected chi connectivity index (χ2v) is 4.16. The van der Waals surface area contributed by atoms with Gasteiger partial charge in [-0.2, -0.15) is 0 Å². The van der Waals surface area contributed by atoms with Gasteiger partial charge in [-0.05, 0) is 29.7 Å². The van der Waals surface area contributed by atoms with Crippen LogP contribution < -0.4 is 0 Å². The summed E-state index contributed by atoms with van der Waals surface area (Å²) in [4.78, 5) is 10.5. The van der Waals surface area contributed by atoms with Crippen molar-refractivity contribution in [3.63, 3.8) is 0 Å². The molecule has 0 aliphatic heterocycles. The Morgan fingerprint density at radius 2 is 1.45 bits per heavy atom. The van der Waals surface area contributed by atoms with Gasteiger partial charge < -0.3 is 5.11 Å². The quantitative estimate of drug-likeness (QED) is 0.876. The number of benzene rings is 2. The molecule has 2 aromatic rings. The first-order valence-corrected chi connectivity index (χ1v) is 6.23. The average molecular weight is 266 g/mol. The summed E-state index contributed by atoms with van der Waals surface area (Å²) in [5.74, 6) is -0.916. The summed E-state index contributed by atoms with van der Waals surface area (Å²) < 4.78 is 0. The van der Waals surface area contributed by atoms with Crippen LogP contribution in [-0.2, 0) is 0 Å². The van der Waals surface area contributed by atoms with E-state index in [1.807, 2.05) is 18.2 Å². The zero-order valence-corrected chi connectivity index (χ0v) is 11.5. The van der Waals surface area contributed by atoms with Gasteiger partial charge in [0, 0.05) is 0 Å². The van der Waals surface area contributed by atoms with E-state index in [0.29, 0.717) is 11.1 Å². The lowest BCUT2D eigenvalue weighted by Gasteiger charge is -1.97. The third kappa shape index (κ3) is 4.25. The van der Waals surface area contributed by atoms with Gasteiger partial charge in [0.15, 0.2) is 0 Å². The Bertz CT molecular complexity index is 612. The van der Waals surface area contributed by atoms with Gasteiger partial charge in [-0.3, -0.25) is 0 Å². The van der Waals surface area contributed by atoms with Crippen LogP contribution in [0.15, 0.2) is 61.7 Å². The zero-order chi connectivity index (χ0) is 15.0. The van der Waals surface area contributed by atoms with Gasteiger partial charge in [-0.15, -0.1) is 0 Å². The van der Waals surface area contributed by atoms with E-state index in [4.69, 9.17) is 5.11 Å². The van der Waals surface area contributed by atoms with E-state index >= 15 is 0 Å². The molecule has 0 atom stereocenters. The predicted octanol–water partition coefficient (Wildman–Crippen LogP) is 4.67. The Balaban J connectivity index is 0.000000204. The SMILES string of the molecule is C=Cc1ccccc1C.C=Cc1ccccc1C(=O)O. The number of carboxylic acids is 1. The average Bonchev–Trinajstić information content (AvgIpc) is 2.48. The van der Waals surface area contributed by atoms with Crippen molar-refractivity contribution >= 4 is 18.1 Å². The van der Waals surface area contributed by atoms with Crippen LogP contribution in [0.25, 0.3) is 12.2 Å². The van der Waals surface area contributed by atoms with E-state index < -0.39 is 5.97 Å². The minimum absolute atomic E-state index is 0.294. The molecule has 0 saturated carbocycles. The fraction of sp³-hybridized carbons (Fsp3) is 0.0556. The van der Waals surface area contributed by atoms with Gasteiger partial charge in [0.25, 0.3) is 0 Å². The van der Waals surface area contributed by atoms with Crippen LogP contribution in [0.3, 0.4) is 0 Å². The molecular formula is C18H18O2. The fourth-order valence-corrected chi connectivity index (χ4v) is 1.69. The van der Waals surface area contributed by atoms with Crippen LogP contribution >= 0.6 is 0 Å². The minimum Gasteiger partial charge on any atom is -0.478 e. The Labute approximate surface area is 119 Å². The molecule has 0 fully saturated rings. The van der Waals surface area contributed by atoms with Crippen LogP contribution in [-0.4, -0.2) is 11.1 Å². The van der Waals surface area contributed by atoms with E-state index in [-0.39, 0.29) is 0 Å². The Kier molecular flexibility index (Phi) is 5.98. The summed E-state index contributed by atoms with van der Waals surface area (Å²) in [6.45, 7) is 9.28. The van der Waals surface area contributed by atoms with Crippen molar-refractivity contribution in [3.05, 3.63) is 83.9 Å². The molecule has 20 heavy (non-hydrogen) atoms. The van der Waals surface area contributed by atoms with Gasteiger partial charge in [-0.1, -0.05) is 67.8 Å². The first-order chi connectivity index (χ1) is 9.60. The van der Waals surface area contributed by atoms with Gasteiger partial charge in [0.2, 0.25) is 0 Å². The van der Waals surface area contributed by atoms with Crippen molar-refractivity contribution in [3.8, 4) is 0 Å². The smallest absolute Gasteiger partial charge is 0.336 e. The summed E-state index contributed by atoms with van der Waals surface area (Å²) in [6, 6.07) is 14.9. The number of rotatable bonds is 3. The molecule has 0 saturated heterocycles. The molecule has 0 heterocycles. The maximum Gasteiger partial charge on any atom is 0.336 e. The van der Waals surface area contributed by atoms with Gasteiger partial charge in [0.1, 0.15) is 0 Å². The molecule has 0 aromatic heterocycles. The number of carbonyl (C=O) groups is 1. The summed E-state index contributed by atoms with van der Waals surface area (Å²) in [7, 11) is 0. The lowest BCUT2D eigenvalue weighted by atomic mass is 10.1. The third-order valence-corrected chi connectivity index (χ3v) is 2.82. The van der Waals surface area contributed by atoms with E-state index in [1.54, 1.807) is 24.3 Å². The molecule has 2 nitrogen and oxygen atoms in total. The summed E-state index contributed by atoms with van der Waals surface area (Å²) in [6.07, 6.45) is 3.40. The highest BCUT2D eigenvalue weighted by atomic mass is 16.4. The van der Waals surface area contributed by atoms with Gasteiger partial charge in [-0.25, -0.2) is 4.79 Å². The van der Waals surface area contributed by atoms with E-state index in [0.717, 1.165) is 0 Å². The van der Waals surface area contributed by atoms with E-state index in [1.165, 1.54) is 17.2 Å². The largest absolute Gasteiger partial charge is 0.478 e. The van der Waals surface area contributed by atoms with Crippen molar-refractivity contribution < 1.29 is 9.90 Å². The van der Waals surface area contributed by atoms with Crippen LogP contribution in [0.5, 0.6) is 0 Å². The van der Waals surface area contributed by atoms with E-state index in [9.17, 15) is 4.79 Å². The first-order valence-electron chi connectivity index (χ1n) is 6.23. The molecule has 0 radical (unpaired) electrons. The number of hydrogen-bond acceptors (Lipinski definition) is 1. The number of aromatic carboxylic acids is 1. The predicted molar refractivity (Wildman–Crippen MR) is 84.8 cm³/mol. The molecular weight excluding hydrogens is 248 g/mol. The molecule has 2 aromatic carbocycles. The molecule has 0 bridgehead atoms. The van der Waals surface area contributed by atoms with Gasteiger partial charge >= 0.3 is 5.97 Å². The molecule has 0 spiro atoms. The van der Waals surface area contributed by atoms with Gasteiger partial charge in [0.05, 0.1) is 5.56 Å². The normalized spacial score (nSPS) is 9.05. The maximum absolute atomic E-state index is 10.5. The van der Waals surface area contributed by atoms with Crippen LogP contribution in [0, 0.1) is 6.92 Å². The summed E-state index contributed by atoms with van der Waals surface area (Å²) in [5, 5.41) is 8.65. The highest BCUT2D eigenvalue weighted by Crippen LogP contribution is 2.09. The van der Waals surface area contributed by atoms with Crippen LogP contribution in [0.4, 0.5) is 0 Å². The maximum atomic E-state index is 10.5. The van der Waals surface area contributed by atoms with Crippen molar-refractivity contribution in [1.29, 1.82) is 0 Å². The van der Waals surface area contributed by atoms with E-state index in [2.05, 4.69) is 32.2 Å². The van der Waals surface area contributed by atoms with Crippen LogP contribution in [0.2, 0.25) is 0 Å². The highest BCUT2D eigenvalue weighted by Gasteiger charge is 2.04. The summed E-state index contributed by atoms with van der Waals surface area (Å²) >= 11 is 0. The Morgan fingerprint density at radius 1 is 0.950 bits per heavy atom. The molecule has 0 aliphatic rings. The number of hydrogen-bond donors (Lipinski definition) is 1. The fourth-order valence-electron chi connectivity index (χ4n) is 1.69. The van der Waals surface area contributed by atoms with Crippen molar-refractivity contribution in [2.45, 2.75) is 6.92 Å². The number of aryl methyl sites for hydroxylation is 1.